The number of benzene rings is 1. The Balaban J connectivity index is 1.81. The Labute approximate surface area is 124 Å². The van der Waals surface area contributed by atoms with E-state index in [2.05, 4.69) is 10.0 Å². The molecule has 0 radical (unpaired) electrons. The molecule has 1 saturated heterocycles. The third-order valence-electron chi connectivity index (χ3n) is 3.89. The highest BCUT2D eigenvalue weighted by atomic mass is 32.2. The van der Waals surface area contributed by atoms with Crippen LogP contribution in [-0.2, 0) is 14.8 Å². The number of hydrogen-bond donors (Lipinski definition) is 2. The van der Waals surface area contributed by atoms with Gasteiger partial charge < -0.3 is 10.2 Å². The molecule has 0 aromatic heterocycles. The van der Waals surface area contributed by atoms with E-state index in [-0.39, 0.29) is 23.7 Å². The van der Waals surface area contributed by atoms with E-state index in [1.54, 1.807) is 0 Å². The van der Waals surface area contributed by atoms with Crippen molar-refractivity contribution in [2.75, 3.05) is 22.5 Å². The van der Waals surface area contributed by atoms with E-state index in [9.17, 15) is 13.2 Å². The largest absolute Gasteiger partial charge is 0.356 e. The number of hydrogen-bond acceptors (Lipinski definition) is 4. The minimum absolute atomic E-state index is 0.0640. The van der Waals surface area contributed by atoms with Gasteiger partial charge in [-0.2, -0.15) is 0 Å². The van der Waals surface area contributed by atoms with Crippen LogP contribution in [0.1, 0.15) is 19.8 Å². The highest BCUT2D eigenvalue weighted by Gasteiger charge is 2.41. The second-order valence-electron chi connectivity index (χ2n) is 5.54. The number of nitrogens with one attached hydrogen (secondary N) is 2. The smallest absolute Gasteiger partial charge is 0.247 e. The summed E-state index contributed by atoms with van der Waals surface area (Å²) in [4.78, 5) is 14.1. The van der Waals surface area contributed by atoms with E-state index in [1.807, 2.05) is 36.1 Å². The van der Waals surface area contributed by atoms with Gasteiger partial charge in [0.25, 0.3) is 0 Å². The number of fused-ring (bicyclic) bond motifs is 3. The molecule has 1 amide bonds. The quantitative estimate of drug-likeness (QED) is 0.867. The van der Waals surface area contributed by atoms with Crippen LogP contribution in [0.4, 0.5) is 11.4 Å². The standard InChI is InChI=1S/C14H19N3O3S/c1-2-7-21(19,20)16-10-8-13-14(18)15-11-5-3-4-6-12(11)17(13)9-10/h3-6,10,13,16H,2,7-9H2,1H3,(H,15,18). The second kappa shape index (κ2) is 5.31. The Morgan fingerprint density at radius 3 is 2.90 bits per heavy atom. The van der Waals surface area contributed by atoms with Crippen LogP contribution in [0.25, 0.3) is 0 Å². The first-order valence-electron chi connectivity index (χ1n) is 7.16. The number of para-hydroxylation sites is 2. The second-order valence-corrected chi connectivity index (χ2v) is 7.42. The number of anilines is 2. The summed E-state index contributed by atoms with van der Waals surface area (Å²) in [5, 5.41) is 2.88. The first-order chi connectivity index (χ1) is 10.00. The first kappa shape index (κ1) is 14.3. The van der Waals surface area contributed by atoms with Crippen molar-refractivity contribution in [3.8, 4) is 0 Å². The molecular weight excluding hydrogens is 290 g/mol. The Bertz CT molecular complexity index is 659. The maximum Gasteiger partial charge on any atom is 0.247 e. The Kier molecular flexibility index (Phi) is 3.62. The molecule has 7 heteroatoms. The van der Waals surface area contributed by atoms with Gasteiger partial charge in [-0.15, -0.1) is 0 Å². The molecule has 2 heterocycles. The number of carbonyl (C=O) groups is 1. The molecule has 1 aromatic carbocycles. The van der Waals surface area contributed by atoms with Crippen LogP contribution in [0.2, 0.25) is 0 Å². The zero-order valence-corrected chi connectivity index (χ0v) is 12.7. The number of amides is 1. The molecule has 0 aliphatic carbocycles. The van der Waals surface area contributed by atoms with Gasteiger partial charge in [-0.05, 0) is 25.0 Å². The van der Waals surface area contributed by atoms with Gasteiger partial charge >= 0.3 is 0 Å². The molecule has 21 heavy (non-hydrogen) atoms. The third-order valence-corrected chi connectivity index (χ3v) is 5.53. The summed E-state index contributed by atoms with van der Waals surface area (Å²) < 4.78 is 26.5. The molecule has 0 spiro atoms. The lowest BCUT2D eigenvalue weighted by Crippen LogP contribution is -2.44. The molecule has 1 aromatic rings. The first-order valence-corrected chi connectivity index (χ1v) is 8.82. The average Bonchev–Trinajstić information content (AvgIpc) is 2.82. The maximum atomic E-state index is 12.1. The Hall–Kier alpha value is -1.60. The van der Waals surface area contributed by atoms with E-state index in [0.717, 1.165) is 11.4 Å². The third kappa shape index (κ3) is 2.75. The fraction of sp³-hybridized carbons (Fsp3) is 0.500. The molecule has 2 aliphatic rings. The zero-order valence-electron chi connectivity index (χ0n) is 11.9. The van der Waals surface area contributed by atoms with Gasteiger partial charge in [-0.3, -0.25) is 4.79 Å². The summed E-state index contributed by atoms with van der Waals surface area (Å²) in [6.45, 7) is 2.36. The average molecular weight is 309 g/mol. The van der Waals surface area contributed by atoms with Crippen molar-refractivity contribution >= 4 is 27.3 Å². The summed E-state index contributed by atoms with van der Waals surface area (Å²) in [7, 11) is -3.26. The summed E-state index contributed by atoms with van der Waals surface area (Å²) in [6.07, 6.45) is 1.08. The summed E-state index contributed by atoms with van der Waals surface area (Å²) in [5.41, 5.74) is 1.75. The van der Waals surface area contributed by atoms with Crippen LogP contribution in [0.3, 0.4) is 0 Å². The number of nitrogens with zero attached hydrogens (tertiary/aromatic N) is 1. The van der Waals surface area contributed by atoms with Gasteiger partial charge in [-0.25, -0.2) is 13.1 Å². The molecular formula is C14H19N3O3S. The predicted octanol–water partition coefficient (Wildman–Crippen LogP) is 0.915. The molecule has 6 nitrogen and oxygen atoms in total. The van der Waals surface area contributed by atoms with E-state index in [4.69, 9.17) is 0 Å². The van der Waals surface area contributed by atoms with E-state index < -0.39 is 10.0 Å². The SMILES string of the molecule is CCCS(=O)(=O)NC1CC2C(=O)Nc3ccccc3N2C1. The minimum Gasteiger partial charge on any atom is -0.356 e. The van der Waals surface area contributed by atoms with Crippen LogP contribution in [0, 0.1) is 0 Å². The van der Waals surface area contributed by atoms with E-state index in [1.165, 1.54) is 0 Å². The van der Waals surface area contributed by atoms with Crippen molar-refractivity contribution in [3.63, 3.8) is 0 Å². The fourth-order valence-corrected chi connectivity index (χ4v) is 4.40. The molecule has 3 rings (SSSR count). The van der Waals surface area contributed by atoms with Crippen LogP contribution in [0.15, 0.2) is 24.3 Å². The Morgan fingerprint density at radius 2 is 2.14 bits per heavy atom. The molecule has 2 atom stereocenters. The van der Waals surface area contributed by atoms with Crippen molar-refractivity contribution in [1.82, 2.24) is 4.72 Å². The molecule has 0 bridgehead atoms. The fourth-order valence-electron chi connectivity index (χ4n) is 3.06. The monoisotopic (exact) mass is 309 g/mol. The summed E-state index contributed by atoms with van der Waals surface area (Å²) >= 11 is 0. The predicted molar refractivity (Wildman–Crippen MR) is 81.8 cm³/mol. The van der Waals surface area contributed by atoms with Gasteiger partial charge in [0.2, 0.25) is 15.9 Å². The van der Waals surface area contributed by atoms with Crippen molar-refractivity contribution in [2.45, 2.75) is 31.8 Å². The number of carbonyl (C=O) groups excluding carboxylic acids is 1. The molecule has 2 aliphatic heterocycles. The molecule has 114 valence electrons. The minimum atomic E-state index is -3.26. The van der Waals surface area contributed by atoms with Gasteiger partial charge in [0.15, 0.2) is 0 Å². The lowest BCUT2D eigenvalue weighted by atomic mass is 10.1. The van der Waals surface area contributed by atoms with Crippen LogP contribution >= 0.6 is 0 Å². The van der Waals surface area contributed by atoms with Crippen molar-refractivity contribution in [2.24, 2.45) is 0 Å². The van der Waals surface area contributed by atoms with Crippen molar-refractivity contribution in [1.29, 1.82) is 0 Å². The van der Waals surface area contributed by atoms with Crippen LogP contribution in [-0.4, -0.2) is 38.7 Å². The number of rotatable bonds is 4. The molecule has 2 N–H and O–H groups in total. The van der Waals surface area contributed by atoms with Gasteiger partial charge in [-0.1, -0.05) is 19.1 Å². The summed E-state index contributed by atoms with van der Waals surface area (Å²) in [5.74, 6) is 0.0580. The maximum absolute atomic E-state index is 12.1. The highest BCUT2D eigenvalue weighted by Crippen LogP contribution is 2.36. The topological polar surface area (TPSA) is 78.5 Å². The van der Waals surface area contributed by atoms with E-state index in [0.29, 0.717) is 19.4 Å². The molecule has 0 saturated carbocycles. The van der Waals surface area contributed by atoms with Crippen LogP contribution in [0.5, 0.6) is 0 Å². The van der Waals surface area contributed by atoms with Crippen molar-refractivity contribution < 1.29 is 13.2 Å². The Morgan fingerprint density at radius 1 is 1.38 bits per heavy atom. The molecule has 1 fully saturated rings. The normalized spacial score (nSPS) is 24.4. The van der Waals surface area contributed by atoms with Crippen LogP contribution < -0.4 is 14.9 Å². The van der Waals surface area contributed by atoms with Crippen molar-refractivity contribution in [3.05, 3.63) is 24.3 Å². The van der Waals surface area contributed by atoms with E-state index >= 15 is 0 Å². The number of sulfonamides is 1. The zero-order chi connectivity index (χ0) is 15.0. The van der Waals surface area contributed by atoms with Gasteiger partial charge in [0, 0.05) is 12.6 Å². The van der Waals surface area contributed by atoms with Gasteiger partial charge in [0.05, 0.1) is 17.1 Å². The molecule has 2 unspecified atom stereocenters. The summed E-state index contributed by atoms with van der Waals surface area (Å²) in [6, 6.07) is 7.08. The lowest BCUT2D eigenvalue weighted by Gasteiger charge is -2.32. The highest BCUT2D eigenvalue weighted by molar-refractivity contribution is 7.89. The lowest BCUT2D eigenvalue weighted by molar-refractivity contribution is -0.117. The van der Waals surface area contributed by atoms with Gasteiger partial charge in [0.1, 0.15) is 6.04 Å².